The Hall–Kier alpha value is -3.14. The van der Waals surface area contributed by atoms with Crippen LogP contribution in [0.4, 0.5) is 11.6 Å². The SMILES string of the molecule is CCCc1cc(N2CCN(c3ccc(C#N)cn3)CC2)n2nccc2n1. The minimum absolute atomic E-state index is 0.591. The van der Waals surface area contributed by atoms with E-state index in [1.54, 1.807) is 12.4 Å². The van der Waals surface area contributed by atoms with Crippen molar-refractivity contribution in [2.75, 3.05) is 36.0 Å². The van der Waals surface area contributed by atoms with Crippen molar-refractivity contribution in [1.29, 1.82) is 5.26 Å². The zero-order valence-electron chi connectivity index (χ0n) is 14.8. The highest BCUT2D eigenvalue weighted by molar-refractivity contribution is 5.52. The molecule has 0 aliphatic carbocycles. The number of aryl methyl sites for hydroxylation is 1. The van der Waals surface area contributed by atoms with Crippen LogP contribution in [0, 0.1) is 11.3 Å². The maximum absolute atomic E-state index is 8.91. The average molecular weight is 347 g/mol. The Labute approximate surface area is 152 Å². The molecule has 0 amide bonds. The summed E-state index contributed by atoms with van der Waals surface area (Å²) in [6, 6.07) is 9.98. The molecule has 1 aliphatic rings. The number of aromatic nitrogens is 4. The molecule has 3 aromatic rings. The minimum atomic E-state index is 0.591. The molecular weight excluding hydrogens is 326 g/mol. The van der Waals surface area contributed by atoms with Gasteiger partial charge in [-0.3, -0.25) is 0 Å². The summed E-state index contributed by atoms with van der Waals surface area (Å²) in [6.45, 7) is 5.73. The number of fused-ring (bicyclic) bond motifs is 1. The number of rotatable bonds is 4. The second kappa shape index (κ2) is 7.00. The Kier molecular flexibility index (Phi) is 4.40. The molecule has 26 heavy (non-hydrogen) atoms. The van der Waals surface area contributed by atoms with Gasteiger partial charge in [-0.25, -0.2) is 9.97 Å². The molecule has 132 valence electrons. The zero-order chi connectivity index (χ0) is 17.9. The van der Waals surface area contributed by atoms with Crippen LogP contribution in [0.2, 0.25) is 0 Å². The molecule has 7 heteroatoms. The maximum Gasteiger partial charge on any atom is 0.157 e. The number of hydrogen-bond acceptors (Lipinski definition) is 6. The van der Waals surface area contributed by atoms with Gasteiger partial charge in [-0.1, -0.05) is 13.3 Å². The molecular formula is C19H21N7. The number of piperazine rings is 1. The molecule has 7 nitrogen and oxygen atoms in total. The van der Waals surface area contributed by atoms with Crippen LogP contribution in [0.1, 0.15) is 24.6 Å². The fraction of sp³-hybridized carbons (Fsp3) is 0.368. The molecule has 4 rings (SSSR count). The highest BCUT2D eigenvalue weighted by Crippen LogP contribution is 2.21. The molecule has 1 saturated heterocycles. The van der Waals surface area contributed by atoms with Crippen LogP contribution in [0.25, 0.3) is 5.65 Å². The third kappa shape index (κ3) is 3.06. The summed E-state index contributed by atoms with van der Waals surface area (Å²) >= 11 is 0. The van der Waals surface area contributed by atoms with Crippen molar-refractivity contribution in [1.82, 2.24) is 19.6 Å². The fourth-order valence-electron chi connectivity index (χ4n) is 3.36. The summed E-state index contributed by atoms with van der Waals surface area (Å²) in [7, 11) is 0. The Morgan fingerprint density at radius 2 is 1.92 bits per heavy atom. The van der Waals surface area contributed by atoms with Gasteiger partial charge in [0.05, 0.1) is 11.8 Å². The number of hydrogen-bond donors (Lipinski definition) is 0. The summed E-state index contributed by atoms with van der Waals surface area (Å²) in [4.78, 5) is 13.7. The Morgan fingerprint density at radius 1 is 1.12 bits per heavy atom. The molecule has 4 heterocycles. The molecule has 0 N–H and O–H groups in total. The fourth-order valence-corrected chi connectivity index (χ4v) is 3.36. The second-order valence-electron chi connectivity index (χ2n) is 6.45. The van der Waals surface area contributed by atoms with Crippen molar-refractivity contribution in [2.45, 2.75) is 19.8 Å². The van der Waals surface area contributed by atoms with Crippen molar-refractivity contribution < 1.29 is 0 Å². The molecule has 0 bridgehead atoms. The second-order valence-corrected chi connectivity index (χ2v) is 6.45. The topological polar surface area (TPSA) is 73.3 Å². The largest absolute Gasteiger partial charge is 0.353 e. The van der Waals surface area contributed by atoms with E-state index < -0.39 is 0 Å². The minimum Gasteiger partial charge on any atom is -0.353 e. The Morgan fingerprint density at radius 3 is 2.62 bits per heavy atom. The smallest absolute Gasteiger partial charge is 0.157 e. The van der Waals surface area contributed by atoms with E-state index in [4.69, 9.17) is 5.26 Å². The molecule has 0 aromatic carbocycles. The summed E-state index contributed by atoms with van der Waals surface area (Å²) < 4.78 is 1.93. The van der Waals surface area contributed by atoms with Crippen LogP contribution in [0.3, 0.4) is 0 Å². The molecule has 1 aliphatic heterocycles. The van der Waals surface area contributed by atoms with Gasteiger partial charge in [-0.15, -0.1) is 0 Å². The third-order valence-corrected chi connectivity index (χ3v) is 4.70. The molecule has 0 saturated carbocycles. The van der Waals surface area contributed by atoms with Crippen molar-refractivity contribution in [3.63, 3.8) is 0 Å². The maximum atomic E-state index is 8.91. The van der Waals surface area contributed by atoms with E-state index in [0.717, 1.165) is 62.0 Å². The van der Waals surface area contributed by atoms with E-state index in [-0.39, 0.29) is 0 Å². The summed E-state index contributed by atoms with van der Waals surface area (Å²) in [5.74, 6) is 2.03. The third-order valence-electron chi connectivity index (χ3n) is 4.70. The van der Waals surface area contributed by atoms with Gasteiger partial charge in [-0.05, 0) is 18.6 Å². The van der Waals surface area contributed by atoms with Crippen LogP contribution in [0.5, 0.6) is 0 Å². The normalized spacial score (nSPS) is 14.6. The van der Waals surface area contributed by atoms with Crippen LogP contribution in [0.15, 0.2) is 36.7 Å². The lowest BCUT2D eigenvalue weighted by Crippen LogP contribution is -2.47. The van der Waals surface area contributed by atoms with E-state index >= 15 is 0 Å². The van der Waals surface area contributed by atoms with E-state index in [0.29, 0.717) is 5.56 Å². The Bertz CT molecular complexity index is 931. The highest BCUT2D eigenvalue weighted by atomic mass is 15.4. The summed E-state index contributed by atoms with van der Waals surface area (Å²) in [6.07, 6.45) is 5.49. The first-order valence-corrected chi connectivity index (χ1v) is 8.98. The van der Waals surface area contributed by atoms with Gasteiger partial charge >= 0.3 is 0 Å². The first-order chi connectivity index (χ1) is 12.8. The lowest BCUT2D eigenvalue weighted by Gasteiger charge is -2.36. The van der Waals surface area contributed by atoms with Gasteiger partial charge < -0.3 is 9.80 Å². The summed E-state index contributed by atoms with van der Waals surface area (Å²) in [5, 5.41) is 13.4. The van der Waals surface area contributed by atoms with Crippen LogP contribution >= 0.6 is 0 Å². The Balaban J connectivity index is 1.53. The molecule has 0 unspecified atom stereocenters. The van der Waals surface area contributed by atoms with Gasteiger partial charge in [0.1, 0.15) is 17.7 Å². The van der Waals surface area contributed by atoms with Gasteiger partial charge in [0.2, 0.25) is 0 Å². The molecule has 0 radical (unpaired) electrons. The van der Waals surface area contributed by atoms with Crippen LogP contribution in [-0.4, -0.2) is 45.8 Å². The molecule has 0 atom stereocenters. The monoisotopic (exact) mass is 347 g/mol. The van der Waals surface area contributed by atoms with E-state index in [9.17, 15) is 0 Å². The van der Waals surface area contributed by atoms with Crippen LogP contribution in [-0.2, 0) is 6.42 Å². The van der Waals surface area contributed by atoms with Gasteiger partial charge in [0, 0.05) is 50.2 Å². The van der Waals surface area contributed by atoms with Crippen LogP contribution < -0.4 is 9.80 Å². The summed E-state index contributed by atoms with van der Waals surface area (Å²) in [5.41, 5.74) is 2.61. The van der Waals surface area contributed by atoms with Crippen molar-refractivity contribution >= 4 is 17.3 Å². The lowest BCUT2D eigenvalue weighted by atomic mass is 10.2. The van der Waals surface area contributed by atoms with Crippen molar-refractivity contribution in [3.05, 3.63) is 47.9 Å². The first-order valence-electron chi connectivity index (χ1n) is 8.98. The molecule has 1 fully saturated rings. The van der Waals surface area contributed by atoms with Gasteiger partial charge in [0.15, 0.2) is 5.65 Å². The quantitative estimate of drug-likeness (QED) is 0.721. The van der Waals surface area contributed by atoms with Crippen molar-refractivity contribution in [2.24, 2.45) is 0 Å². The van der Waals surface area contributed by atoms with E-state index in [2.05, 4.69) is 43.9 Å². The zero-order valence-corrected chi connectivity index (χ0v) is 14.8. The molecule has 3 aromatic heterocycles. The predicted molar refractivity (Wildman–Crippen MR) is 100 cm³/mol. The lowest BCUT2D eigenvalue weighted by molar-refractivity contribution is 0.632. The predicted octanol–water partition coefficient (Wildman–Crippen LogP) is 2.28. The standard InChI is InChI=1S/C19H21N7/c1-2-3-16-12-19(26-18(23-16)6-7-22-26)25-10-8-24(9-11-25)17-5-4-15(13-20)14-21-17/h4-7,12,14H,2-3,8-11H2,1H3. The van der Waals surface area contributed by atoms with Gasteiger partial charge in [-0.2, -0.15) is 14.9 Å². The highest BCUT2D eigenvalue weighted by Gasteiger charge is 2.21. The number of pyridine rings is 1. The number of anilines is 2. The molecule has 0 spiro atoms. The average Bonchev–Trinajstić information content (AvgIpc) is 3.16. The van der Waals surface area contributed by atoms with Crippen molar-refractivity contribution in [3.8, 4) is 6.07 Å². The van der Waals surface area contributed by atoms with E-state index in [1.807, 2.05) is 22.7 Å². The van der Waals surface area contributed by atoms with Gasteiger partial charge in [0.25, 0.3) is 0 Å². The van der Waals surface area contributed by atoms with E-state index in [1.165, 1.54) is 0 Å². The first kappa shape index (κ1) is 16.3. The number of nitrogens with zero attached hydrogens (tertiary/aromatic N) is 7. The number of nitriles is 1.